The highest BCUT2D eigenvalue weighted by molar-refractivity contribution is 5.75. The molecule has 0 radical (unpaired) electrons. The smallest absolute Gasteiger partial charge is 0.318 e. The summed E-state index contributed by atoms with van der Waals surface area (Å²) in [7, 11) is 5.43. The second kappa shape index (κ2) is 9.31. The molecule has 1 heterocycles. The first-order valence-corrected chi connectivity index (χ1v) is 10.1. The van der Waals surface area contributed by atoms with Crippen LogP contribution in [0.25, 0.3) is 0 Å². The van der Waals surface area contributed by atoms with Crippen molar-refractivity contribution in [3.63, 3.8) is 0 Å². The molecule has 1 N–H and O–H groups in total. The minimum absolute atomic E-state index is 0.0556. The summed E-state index contributed by atoms with van der Waals surface area (Å²) in [5.41, 5.74) is 1.01. The highest BCUT2D eigenvalue weighted by atomic mass is 16.5. The lowest BCUT2D eigenvalue weighted by atomic mass is 10.1. The molecule has 2 aliphatic rings. The lowest BCUT2D eigenvalue weighted by Gasteiger charge is -2.35. The zero-order valence-electron chi connectivity index (χ0n) is 16.9. The number of nitrogens with zero attached hydrogens (tertiary/aromatic N) is 2. The molecule has 1 unspecified atom stereocenters. The molecule has 1 saturated heterocycles. The Balaban J connectivity index is 1.74. The SMILES string of the molecule is COc1ccc(CN(C(=O)NC2CCCN(C)C2)C2CCCC2)c(OC)c1. The van der Waals surface area contributed by atoms with Gasteiger partial charge in [0.2, 0.25) is 0 Å². The van der Waals surface area contributed by atoms with Crippen LogP contribution in [0.5, 0.6) is 11.5 Å². The van der Waals surface area contributed by atoms with E-state index in [-0.39, 0.29) is 12.1 Å². The zero-order valence-corrected chi connectivity index (χ0v) is 16.9. The highest BCUT2D eigenvalue weighted by Gasteiger charge is 2.29. The molecule has 1 aromatic rings. The molecule has 2 amide bonds. The normalized spacial score (nSPS) is 21.1. The van der Waals surface area contributed by atoms with Crippen LogP contribution in [0.15, 0.2) is 18.2 Å². The van der Waals surface area contributed by atoms with E-state index < -0.39 is 0 Å². The van der Waals surface area contributed by atoms with Gasteiger partial charge in [0, 0.05) is 30.3 Å². The van der Waals surface area contributed by atoms with Gasteiger partial charge in [0.15, 0.2) is 0 Å². The molecule has 1 aromatic carbocycles. The van der Waals surface area contributed by atoms with E-state index in [0.29, 0.717) is 12.6 Å². The van der Waals surface area contributed by atoms with Gasteiger partial charge in [0.05, 0.1) is 20.8 Å². The first-order valence-electron chi connectivity index (χ1n) is 10.1. The van der Waals surface area contributed by atoms with Gasteiger partial charge in [-0.1, -0.05) is 12.8 Å². The summed E-state index contributed by atoms with van der Waals surface area (Å²) in [5, 5.41) is 3.29. The maximum absolute atomic E-state index is 13.2. The minimum Gasteiger partial charge on any atom is -0.497 e. The second-order valence-electron chi connectivity index (χ2n) is 7.79. The Hall–Kier alpha value is -1.95. The van der Waals surface area contributed by atoms with Gasteiger partial charge >= 0.3 is 6.03 Å². The maximum Gasteiger partial charge on any atom is 0.318 e. The molecule has 0 aromatic heterocycles. The number of piperidine rings is 1. The number of carbonyl (C=O) groups excluding carboxylic acids is 1. The van der Waals surface area contributed by atoms with Crippen molar-refractivity contribution in [1.82, 2.24) is 15.1 Å². The number of methoxy groups -OCH3 is 2. The molecule has 1 aliphatic carbocycles. The third-order valence-electron chi connectivity index (χ3n) is 5.81. The number of carbonyl (C=O) groups is 1. The summed E-state index contributed by atoms with van der Waals surface area (Å²) >= 11 is 0. The molecule has 6 heteroatoms. The Morgan fingerprint density at radius 3 is 2.63 bits per heavy atom. The van der Waals surface area contributed by atoms with E-state index >= 15 is 0 Å². The van der Waals surface area contributed by atoms with E-state index in [1.807, 2.05) is 23.1 Å². The average molecular weight is 376 g/mol. The third-order valence-corrected chi connectivity index (χ3v) is 5.81. The van der Waals surface area contributed by atoms with Gasteiger partial charge < -0.3 is 24.6 Å². The molecule has 1 saturated carbocycles. The fraction of sp³-hybridized carbons (Fsp3) is 0.667. The van der Waals surface area contributed by atoms with Crippen LogP contribution >= 0.6 is 0 Å². The van der Waals surface area contributed by atoms with Crippen molar-refractivity contribution in [3.05, 3.63) is 23.8 Å². The van der Waals surface area contributed by atoms with Crippen LogP contribution in [0.4, 0.5) is 4.79 Å². The fourth-order valence-corrected chi connectivity index (χ4v) is 4.29. The predicted octanol–water partition coefficient (Wildman–Crippen LogP) is 3.25. The summed E-state index contributed by atoms with van der Waals surface area (Å²) in [6.07, 6.45) is 6.74. The molecule has 6 nitrogen and oxygen atoms in total. The van der Waals surface area contributed by atoms with Gasteiger partial charge in [-0.25, -0.2) is 4.79 Å². The van der Waals surface area contributed by atoms with Crippen LogP contribution in [0.3, 0.4) is 0 Å². The van der Waals surface area contributed by atoms with Crippen LogP contribution in [0.1, 0.15) is 44.1 Å². The number of amides is 2. The van der Waals surface area contributed by atoms with Crippen LogP contribution in [-0.2, 0) is 6.54 Å². The first-order chi connectivity index (χ1) is 13.1. The number of nitrogens with one attached hydrogen (secondary N) is 1. The topological polar surface area (TPSA) is 54.0 Å². The van der Waals surface area contributed by atoms with Crippen molar-refractivity contribution in [3.8, 4) is 11.5 Å². The predicted molar refractivity (Wildman–Crippen MR) is 106 cm³/mol. The molecule has 2 fully saturated rings. The standard InChI is InChI=1S/C21H33N3O3/c1-23-12-6-7-17(15-23)22-21(25)24(18-8-4-5-9-18)14-16-10-11-19(26-2)13-20(16)27-3/h10-11,13,17-18H,4-9,12,14-15H2,1-3H3,(H,22,25). The number of rotatable bonds is 6. The summed E-state index contributed by atoms with van der Waals surface area (Å²) < 4.78 is 10.8. The molecular weight excluding hydrogens is 342 g/mol. The number of ether oxygens (including phenoxy) is 2. The van der Waals surface area contributed by atoms with Crippen LogP contribution in [0.2, 0.25) is 0 Å². The van der Waals surface area contributed by atoms with Crippen molar-refractivity contribution < 1.29 is 14.3 Å². The Kier molecular flexibility index (Phi) is 6.83. The second-order valence-corrected chi connectivity index (χ2v) is 7.79. The zero-order chi connectivity index (χ0) is 19.2. The first kappa shape index (κ1) is 19.8. The Morgan fingerprint density at radius 1 is 1.19 bits per heavy atom. The van der Waals surface area contributed by atoms with Crippen molar-refractivity contribution in [2.45, 2.75) is 57.2 Å². The lowest BCUT2D eigenvalue weighted by Crippen LogP contribution is -2.52. The van der Waals surface area contributed by atoms with Crippen LogP contribution < -0.4 is 14.8 Å². The van der Waals surface area contributed by atoms with Crippen LogP contribution in [0, 0.1) is 0 Å². The van der Waals surface area contributed by atoms with E-state index in [4.69, 9.17) is 9.47 Å². The summed E-state index contributed by atoms with van der Waals surface area (Å²) in [6.45, 7) is 2.60. The largest absolute Gasteiger partial charge is 0.497 e. The third kappa shape index (κ3) is 5.06. The van der Waals surface area contributed by atoms with Crippen LogP contribution in [-0.4, -0.2) is 62.3 Å². The molecule has 3 rings (SSSR count). The Bertz CT molecular complexity index is 631. The average Bonchev–Trinajstić information content (AvgIpc) is 3.20. The monoisotopic (exact) mass is 375 g/mol. The van der Waals surface area contributed by atoms with Crippen molar-refractivity contribution in [2.75, 3.05) is 34.4 Å². The van der Waals surface area contributed by atoms with E-state index in [2.05, 4.69) is 17.3 Å². The number of hydrogen-bond donors (Lipinski definition) is 1. The van der Waals surface area contributed by atoms with Gasteiger partial charge in [0.25, 0.3) is 0 Å². The number of likely N-dealkylation sites (tertiary alicyclic amines) is 1. The van der Waals surface area contributed by atoms with Gasteiger partial charge in [-0.15, -0.1) is 0 Å². The van der Waals surface area contributed by atoms with E-state index in [0.717, 1.165) is 55.8 Å². The number of likely N-dealkylation sites (N-methyl/N-ethyl adjacent to an activating group) is 1. The molecule has 150 valence electrons. The van der Waals surface area contributed by atoms with E-state index in [1.165, 1.54) is 12.8 Å². The van der Waals surface area contributed by atoms with Crippen molar-refractivity contribution in [2.24, 2.45) is 0 Å². The molecule has 1 aliphatic heterocycles. The molecule has 1 atom stereocenters. The maximum atomic E-state index is 13.2. The summed E-state index contributed by atoms with van der Waals surface area (Å²) in [6, 6.07) is 6.41. The highest BCUT2D eigenvalue weighted by Crippen LogP contribution is 2.30. The molecule has 0 spiro atoms. The molecular formula is C21H33N3O3. The van der Waals surface area contributed by atoms with Gasteiger partial charge in [-0.05, 0) is 51.4 Å². The quantitative estimate of drug-likeness (QED) is 0.829. The fourth-order valence-electron chi connectivity index (χ4n) is 4.29. The van der Waals surface area contributed by atoms with Crippen molar-refractivity contribution >= 4 is 6.03 Å². The molecule has 0 bridgehead atoms. The van der Waals surface area contributed by atoms with E-state index in [1.54, 1.807) is 14.2 Å². The van der Waals surface area contributed by atoms with E-state index in [9.17, 15) is 4.79 Å². The van der Waals surface area contributed by atoms with Gasteiger partial charge in [0.1, 0.15) is 11.5 Å². The summed E-state index contributed by atoms with van der Waals surface area (Å²) in [4.78, 5) is 17.5. The number of urea groups is 1. The Morgan fingerprint density at radius 2 is 1.96 bits per heavy atom. The van der Waals surface area contributed by atoms with Crippen molar-refractivity contribution in [1.29, 1.82) is 0 Å². The lowest BCUT2D eigenvalue weighted by molar-refractivity contribution is 0.156. The number of hydrogen-bond acceptors (Lipinski definition) is 4. The van der Waals surface area contributed by atoms with Gasteiger partial charge in [-0.3, -0.25) is 0 Å². The summed E-state index contributed by atoms with van der Waals surface area (Å²) in [5.74, 6) is 1.53. The molecule has 27 heavy (non-hydrogen) atoms. The number of benzene rings is 1. The Labute approximate surface area is 162 Å². The van der Waals surface area contributed by atoms with Gasteiger partial charge in [-0.2, -0.15) is 0 Å². The minimum atomic E-state index is 0.0556.